The highest BCUT2D eigenvalue weighted by Crippen LogP contribution is 2.12. The molecule has 0 aromatic carbocycles. The van der Waals surface area contributed by atoms with Gasteiger partial charge in [-0.05, 0) is 12.5 Å². The molecule has 2 rings (SSSR count). The van der Waals surface area contributed by atoms with Crippen LogP contribution < -0.4 is 10.6 Å². The molecule has 1 aromatic rings. The Kier molecular flexibility index (Phi) is 3.99. The van der Waals surface area contributed by atoms with E-state index in [2.05, 4.69) is 15.4 Å². The van der Waals surface area contributed by atoms with Crippen molar-refractivity contribution >= 4 is 11.9 Å². The average molecular weight is 252 g/mol. The summed E-state index contributed by atoms with van der Waals surface area (Å²) in [5.74, 6) is -0.160. The molecule has 1 aliphatic rings. The molecular weight excluding hydrogens is 236 g/mol. The molecule has 1 fully saturated rings. The van der Waals surface area contributed by atoms with Crippen LogP contribution in [0.25, 0.3) is 0 Å². The maximum atomic E-state index is 11.4. The first-order valence-electron chi connectivity index (χ1n) is 5.85. The van der Waals surface area contributed by atoms with Crippen molar-refractivity contribution in [2.75, 3.05) is 13.7 Å². The van der Waals surface area contributed by atoms with Crippen molar-refractivity contribution in [2.45, 2.75) is 25.4 Å². The maximum absolute atomic E-state index is 11.4. The van der Waals surface area contributed by atoms with Crippen LogP contribution in [-0.2, 0) is 16.1 Å². The zero-order chi connectivity index (χ0) is 13.0. The van der Waals surface area contributed by atoms with Gasteiger partial charge >= 0.3 is 5.97 Å². The number of hydrogen-bond donors (Lipinski definition) is 2. The molecule has 2 N–H and O–H groups in total. The number of furan rings is 1. The molecule has 1 atom stereocenters. The first-order valence-corrected chi connectivity index (χ1v) is 5.85. The number of rotatable bonds is 5. The maximum Gasteiger partial charge on any atom is 0.374 e. The lowest BCUT2D eigenvalue weighted by Crippen LogP contribution is -2.35. The van der Waals surface area contributed by atoms with Crippen molar-refractivity contribution in [3.8, 4) is 0 Å². The van der Waals surface area contributed by atoms with Gasteiger partial charge in [-0.2, -0.15) is 0 Å². The minimum absolute atomic E-state index is 0.0976. The van der Waals surface area contributed by atoms with Crippen molar-refractivity contribution < 1.29 is 18.7 Å². The second-order valence-electron chi connectivity index (χ2n) is 4.20. The number of carbonyl (C=O) groups is 2. The van der Waals surface area contributed by atoms with Gasteiger partial charge in [-0.25, -0.2) is 4.79 Å². The molecule has 1 amide bonds. The molecule has 6 nitrogen and oxygen atoms in total. The van der Waals surface area contributed by atoms with E-state index in [1.54, 1.807) is 6.07 Å². The lowest BCUT2D eigenvalue weighted by Gasteiger charge is -2.10. The number of hydrogen-bond acceptors (Lipinski definition) is 5. The van der Waals surface area contributed by atoms with Crippen molar-refractivity contribution in [1.82, 2.24) is 10.6 Å². The summed E-state index contributed by atoms with van der Waals surface area (Å²) in [4.78, 5) is 22.4. The second kappa shape index (κ2) is 5.68. The molecule has 0 spiro atoms. The topological polar surface area (TPSA) is 80.6 Å². The van der Waals surface area contributed by atoms with E-state index in [0.717, 1.165) is 12.0 Å². The Morgan fingerprint density at radius 3 is 3.17 bits per heavy atom. The van der Waals surface area contributed by atoms with Crippen LogP contribution in [0, 0.1) is 0 Å². The summed E-state index contributed by atoms with van der Waals surface area (Å²) in [5.41, 5.74) is 0.756. The monoisotopic (exact) mass is 252 g/mol. The molecule has 1 saturated heterocycles. The minimum atomic E-state index is -0.481. The van der Waals surface area contributed by atoms with Crippen LogP contribution in [0.2, 0.25) is 0 Å². The van der Waals surface area contributed by atoms with Crippen LogP contribution in [0.1, 0.15) is 29.0 Å². The van der Waals surface area contributed by atoms with E-state index < -0.39 is 5.97 Å². The number of esters is 1. The predicted molar refractivity (Wildman–Crippen MR) is 62.9 cm³/mol. The van der Waals surface area contributed by atoms with Gasteiger partial charge in [0.25, 0.3) is 0 Å². The van der Waals surface area contributed by atoms with E-state index in [9.17, 15) is 9.59 Å². The van der Waals surface area contributed by atoms with E-state index in [1.165, 1.54) is 13.4 Å². The van der Waals surface area contributed by atoms with Crippen LogP contribution in [0.15, 0.2) is 16.7 Å². The Morgan fingerprint density at radius 2 is 2.50 bits per heavy atom. The highest BCUT2D eigenvalue weighted by Gasteiger charge is 2.20. The molecule has 0 radical (unpaired) electrons. The lowest BCUT2D eigenvalue weighted by atomic mass is 10.2. The SMILES string of the molecule is COC(=O)c1occc1CNCC1CCC(=O)N1. The number of methoxy groups -OCH3 is 1. The third-order valence-electron chi connectivity index (χ3n) is 2.91. The summed E-state index contributed by atoms with van der Waals surface area (Å²) in [6.45, 7) is 1.19. The molecular formula is C12H16N2O4. The molecule has 98 valence electrons. The highest BCUT2D eigenvalue weighted by atomic mass is 16.5. The molecule has 18 heavy (non-hydrogen) atoms. The summed E-state index contributed by atoms with van der Waals surface area (Å²) in [6.07, 6.45) is 2.90. The first-order chi connectivity index (χ1) is 8.70. The van der Waals surface area contributed by atoms with Gasteiger partial charge in [0.05, 0.1) is 13.4 Å². The Hall–Kier alpha value is -1.82. The van der Waals surface area contributed by atoms with Gasteiger partial charge in [-0.15, -0.1) is 0 Å². The molecule has 0 saturated carbocycles. The van der Waals surface area contributed by atoms with Crippen LogP contribution in [0.3, 0.4) is 0 Å². The molecule has 2 heterocycles. The molecule has 1 aromatic heterocycles. The largest absolute Gasteiger partial charge is 0.463 e. The summed E-state index contributed by atoms with van der Waals surface area (Å²) < 4.78 is 9.68. The van der Waals surface area contributed by atoms with Crippen LogP contribution in [-0.4, -0.2) is 31.6 Å². The van der Waals surface area contributed by atoms with Crippen molar-refractivity contribution in [1.29, 1.82) is 0 Å². The first kappa shape index (κ1) is 12.6. The van der Waals surface area contributed by atoms with E-state index in [0.29, 0.717) is 19.5 Å². The fourth-order valence-electron chi connectivity index (χ4n) is 1.96. The number of ether oxygens (including phenoxy) is 1. The zero-order valence-corrected chi connectivity index (χ0v) is 10.2. The molecule has 6 heteroatoms. The smallest absolute Gasteiger partial charge is 0.374 e. The van der Waals surface area contributed by atoms with E-state index in [1.807, 2.05) is 0 Å². The third kappa shape index (κ3) is 2.89. The van der Waals surface area contributed by atoms with E-state index >= 15 is 0 Å². The van der Waals surface area contributed by atoms with Gasteiger partial charge in [-0.3, -0.25) is 4.79 Å². The summed E-state index contributed by atoms with van der Waals surface area (Å²) in [7, 11) is 1.32. The highest BCUT2D eigenvalue weighted by molar-refractivity contribution is 5.87. The van der Waals surface area contributed by atoms with Crippen LogP contribution in [0.4, 0.5) is 0 Å². The molecule has 1 unspecified atom stereocenters. The predicted octanol–water partition coefficient (Wildman–Crippen LogP) is 0.434. The van der Waals surface area contributed by atoms with Gasteiger partial charge in [0.1, 0.15) is 0 Å². The Bertz CT molecular complexity index is 441. The standard InChI is InChI=1S/C12H16N2O4/c1-17-12(16)11-8(4-5-18-11)6-13-7-9-2-3-10(15)14-9/h4-5,9,13H,2-3,6-7H2,1H3,(H,14,15). The fourth-order valence-corrected chi connectivity index (χ4v) is 1.96. The minimum Gasteiger partial charge on any atom is -0.463 e. The number of amides is 1. The van der Waals surface area contributed by atoms with Crippen LogP contribution >= 0.6 is 0 Å². The summed E-state index contributed by atoms with van der Waals surface area (Å²) in [6, 6.07) is 1.90. The number of nitrogens with one attached hydrogen (secondary N) is 2. The van der Waals surface area contributed by atoms with Gasteiger partial charge < -0.3 is 19.8 Å². The third-order valence-corrected chi connectivity index (χ3v) is 2.91. The quantitative estimate of drug-likeness (QED) is 0.743. The Morgan fingerprint density at radius 1 is 1.67 bits per heavy atom. The summed E-state index contributed by atoms with van der Waals surface area (Å²) in [5, 5.41) is 6.05. The lowest BCUT2D eigenvalue weighted by molar-refractivity contribution is -0.119. The normalized spacial score (nSPS) is 18.7. The Balaban J connectivity index is 1.81. The Labute approximate surface area is 105 Å². The zero-order valence-electron chi connectivity index (χ0n) is 10.2. The van der Waals surface area contributed by atoms with Gasteiger partial charge in [0.15, 0.2) is 0 Å². The second-order valence-corrected chi connectivity index (χ2v) is 4.20. The fraction of sp³-hybridized carbons (Fsp3) is 0.500. The van der Waals surface area contributed by atoms with Crippen LogP contribution in [0.5, 0.6) is 0 Å². The van der Waals surface area contributed by atoms with Gasteiger partial charge in [-0.1, -0.05) is 0 Å². The number of carbonyl (C=O) groups excluding carboxylic acids is 2. The van der Waals surface area contributed by atoms with Crippen molar-refractivity contribution in [3.63, 3.8) is 0 Å². The summed E-state index contributed by atoms with van der Waals surface area (Å²) >= 11 is 0. The van der Waals surface area contributed by atoms with Crippen molar-refractivity contribution in [3.05, 3.63) is 23.7 Å². The van der Waals surface area contributed by atoms with E-state index in [4.69, 9.17) is 4.42 Å². The molecule has 0 aliphatic carbocycles. The molecule has 0 bridgehead atoms. The van der Waals surface area contributed by atoms with Crippen molar-refractivity contribution in [2.24, 2.45) is 0 Å². The van der Waals surface area contributed by atoms with E-state index in [-0.39, 0.29) is 17.7 Å². The average Bonchev–Trinajstić information content (AvgIpc) is 2.98. The van der Waals surface area contributed by atoms with Gasteiger partial charge in [0, 0.05) is 31.1 Å². The van der Waals surface area contributed by atoms with Gasteiger partial charge in [0.2, 0.25) is 11.7 Å². The molecule has 1 aliphatic heterocycles.